The number of aryl methyl sites for hydroxylation is 1. The standard InChI is InChI=1S/C20H17Cl2NO4/c1-3-12-8-19(24)27-18-10-14(5-6-15(12)18)26-11(2)20(25)23-17-7-4-13(21)9-16(17)22/h4-11H,3H2,1-2H3,(H,23,25)/t11-/m1/s1. The van der Waals surface area contributed by atoms with Crippen LogP contribution < -0.4 is 15.7 Å². The highest BCUT2D eigenvalue weighted by atomic mass is 35.5. The Kier molecular flexibility index (Phi) is 5.73. The summed E-state index contributed by atoms with van der Waals surface area (Å²) in [6.45, 7) is 3.58. The fourth-order valence-electron chi connectivity index (χ4n) is 2.66. The first-order valence-electron chi connectivity index (χ1n) is 8.36. The van der Waals surface area contributed by atoms with Crippen LogP contribution >= 0.6 is 23.2 Å². The lowest BCUT2D eigenvalue weighted by atomic mass is 10.1. The van der Waals surface area contributed by atoms with Gasteiger partial charge in [0.1, 0.15) is 11.3 Å². The van der Waals surface area contributed by atoms with Crippen molar-refractivity contribution >= 4 is 45.8 Å². The third-order valence-electron chi connectivity index (χ3n) is 4.05. The summed E-state index contributed by atoms with van der Waals surface area (Å²) in [5, 5.41) is 4.35. The van der Waals surface area contributed by atoms with E-state index in [4.69, 9.17) is 32.4 Å². The normalized spacial score (nSPS) is 12.0. The average Bonchev–Trinajstić information content (AvgIpc) is 2.62. The first-order chi connectivity index (χ1) is 12.9. The lowest BCUT2D eigenvalue weighted by Crippen LogP contribution is -2.30. The van der Waals surface area contributed by atoms with Crippen molar-refractivity contribution in [3.63, 3.8) is 0 Å². The molecule has 1 N–H and O–H groups in total. The molecule has 1 aromatic heterocycles. The van der Waals surface area contributed by atoms with E-state index < -0.39 is 11.7 Å². The lowest BCUT2D eigenvalue weighted by Gasteiger charge is -2.16. The van der Waals surface area contributed by atoms with E-state index in [0.717, 1.165) is 10.9 Å². The Bertz CT molecular complexity index is 1060. The number of fused-ring (bicyclic) bond motifs is 1. The van der Waals surface area contributed by atoms with E-state index in [-0.39, 0.29) is 5.91 Å². The van der Waals surface area contributed by atoms with Gasteiger partial charge in [-0.2, -0.15) is 0 Å². The first-order valence-corrected chi connectivity index (χ1v) is 9.12. The van der Waals surface area contributed by atoms with Gasteiger partial charge in [-0.1, -0.05) is 30.1 Å². The molecule has 1 atom stereocenters. The van der Waals surface area contributed by atoms with Crippen LogP contribution in [-0.4, -0.2) is 12.0 Å². The second kappa shape index (κ2) is 8.03. The largest absolute Gasteiger partial charge is 0.481 e. The van der Waals surface area contributed by atoms with Crippen molar-refractivity contribution in [2.45, 2.75) is 26.4 Å². The van der Waals surface area contributed by atoms with Crippen molar-refractivity contribution < 1.29 is 13.9 Å². The molecular formula is C20H17Cl2NO4. The number of nitrogens with one attached hydrogen (secondary N) is 1. The van der Waals surface area contributed by atoms with E-state index >= 15 is 0 Å². The molecular weight excluding hydrogens is 389 g/mol. The molecule has 140 valence electrons. The molecule has 0 radical (unpaired) electrons. The highest BCUT2D eigenvalue weighted by molar-refractivity contribution is 6.36. The third kappa shape index (κ3) is 4.43. The van der Waals surface area contributed by atoms with Crippen LogP contribution in [-0.2, 0) is 11.2 Å². The van der Waals surface area contributed by atoms with E-state index in [1.807, 2.05) is 13.0 Å². The molecule has 0 spiro atoms. The second-order valence-electron chi connectivity index (χ2n) is 5.98. The Morgan fingerprint density at radius 2 is 1.96 bits per heavy atom. The average molecular weight is 406 g/mol. The number of amides is 1. The lowest BCUT2D eigenvalue weighted by molar-refractivity contribution is -0.122. The van der Waals surface area contributed by atoms with Crippen molar-refractivity contribution in [2.75, 3.05) is 5.32 Å². The van der Waals surface area contributed by atoms with E-state index in [9.17, 15) is 9.59 Å². The van der Waals surface area contributed by atoms with Gasteiger partial charge < -0.3 is 14.5 Å². The molecule has 0 aliphatic rings. The van der Waals surface area contributed by atoms with Crippen LogP contribution in [0.4, 0.5) is 5.69 Å². The zero-order chi connectivity index (χ0) is 19.6. The predicted octanol–water partition coefficient (Wildman–Crippen LogP) is 5.07. The van der Waals surface area contributed by atoms with Crippen LogP contribution in [0, 0.1) is 0 Å². The maximum Gasteiger partial charge on any atom is 0.336 e. The molecule has 1 amide bonds. The first kappa shape index (κ1) is 19.3. The molecule has 7 heteroatoms. The van der Waals surface area contributed by atoms with Crippen molar-refractivity contribution in [3.8, 4) is 5.75 Å². The molecule has 0 bridgehead atoms. The van der Waals surface area contributed by atoms with Crippen LogP contribution in [0.15, 0.2) is 51.7 Å². The molecule has 3 aromatic rings. The number of hydrogen-bond donors (Lipinski definition) is 1. The fourth-order valence-corrected chi connectivity index (χ4v) is 3.11. The van der Waals surface area contributed by atoms with Gasteiger partial charge in [0.15, 0.2) is 6.10 Å². The van der Waals surface area contributed by atoms with Gasteiger partial charge in [0.25, 0.3) is 5.91 Å². The van der Waals surface area contributed by atoms with Crippen molar-refractivity contribution in [2.24, 2.45) is 0 Å². The molecule has 1 heterocycles. The van der Waals surface area contributed by atoms with Crippen LogP contribution in [0.1, 0.15) is 19.4 Å². The fraction of sp³-hybridized carbons (Fsp3) is 0.200. The summed E-state index contributed by atoms with van der Waals surface area (Å²) >= 11 is 11.9. The summed E-state index contributed by atoms with van der Waals surface area (Å²) < 4.78 is 10.9. The van der Waals surface area contributed by atoms with E-state index in [1.165, 1.54) is 6.07 Å². The summed E-state index contributed by atoms with van der Waals surface area (Å²) in [4.78, 5) is 24.0. The van der Waals surface area contributed by atoms with Crippen molar-refractivity contribution in [1.82, 2.24) is 0 Å². The van der Waals surface area contributed by atoms with Gasteiger partial charge >= 0.3 is 5.63 Å². The Morgan fingerprint density at radius 3 is 2.67 bits per heavy atom. The molecule has 3 rings (SSSR count). The predicted molar refractivity (Wildman–Crippen MR) is 107 cm³/mol. The highest BCUT2D eigenvalue weighted by Crippen LogP contribution is 2.26. The van der Waals surface area contributed by atoms with Crippen LogP contribution in [0.3, 0.4) is 0 Å². The molecule has 0 aliphatic carbocycles. The Hall–Kier alpha value is -2.50. The van der Waals surface area contributed by atoms with Crippen molar-refractivity contribution in [1.29, 1.82) is 0 Å². The summed E-state index contributed by atoms with van der Waals surface area (Å²) in [6, 6.07) is 11.4. The number of halogens is 2. The van der Waals surface area contributed by atoms with Gasteiger partial charge in [0.05, 0.1) is 10.7 Å². The molecule has 2 aromatic carbocycles. The molecule has 5 nitrogen and oxygen atoms in total. The molecule has 0 unspecified atom stereocenters. The van der Waals surface area contributed by atoms with E-state index in [0.29, 0.717) is 33.5 Å². The Morgan fingerprint density at radius 1 is 1.19 bits per heavy atom. The van der Waals surface area contributed by atoms with Crippen LogP contribution in [0.2, 0.25) is 10.0 Å². The second-order valence-corrected chi connectivity index (χ2v) is 6.82. The number of carbonyl (C=O) groups excluding carboxylic acids is 1. The Labute approximate surface area is 165 Å². The van der Waals surface area contributed by atoms with Gasteiger partial charge in [0.2, 0.25) is 0 Å². The van der Waals surface area contributed by atoms with E-state index in [2.05, 4.69) is 5.32 Å². The van der Waals surface area contributed by atoms with Gasteiger partial charge in [-0.15, -0.1) is 0 Å². The summed E-state index contributed by atoms with van der Waals surface area (Å²) in [6.07, 6.45) is -0.0848. The molecule has 0 saturated heterocycles. The molecule has 0 saturated carbocycles. The summed E-state index contributed by atoms with van der Waals surface area (Å²) in [5.74, 6) is 0.0480. The topological polar surface area (TPSA) is 68.5 Å². The smallest absolute Gasteiger partial charge is 0.336 e. The monoisotopic (exact) mass is 405 g/mol. The zero-order valence-electron chi connectivity index (χ0n) is 14.7. The van der Waals surface area contributed by atoms with E-state index in [1.54, 1.807) is 37.3 Å². The van der Waals surface area contributed by atoms with Gasteiger partial charge in [-0.05, 0) is 49.2 Å². The zero-order valence-corrected chi connectivity index (χ0v) is 16.2. The maximum atomic E-state index is 12.4. The highest BCUT2D eigenvalue weighted by Gasteiger charge is 2.17. The van der Waals surface area contributed by atoms with Gasteiger partial charge in [0, 0.05) is 22.5 Å². The molecule has 27 heavy (non-hydrogen) atoms. The number of benzene rings is 2. The van der Waals surface area contributed by atoms with Crippen molar-refractivity contribution in [3.05, 3.63) is 68.5 Å². The minimum atomic E-state index is -0.796. The van der Waals surface area contributed by atoms with Crippen LogP contribution in [0.25, 0.3) is 11.0 Å². The quantitative estimate of drug-likeness (QED) is 0.601. The molecule has 0 aliphatic heterocycles. The summed E-state index contributed by atoms with van der Waals surface area (Å²) in [5.41, 5.74) is 1.35. The number of hydrogen-bond acceptors (Lipinski definition) is 4. The summed E-state index contributed by atoms with van der Waals surface area (Å²) in [7, 11) is 0. The minimum Gasteiger partial charge on any atom is -0.481 e. The number of carbonyl (C=O) groups is 1. The minimum absolute atomic E-state index is 0.336. The third-order valence-corrected chi connectivity index (χ3v) is 4.60. The van der Waals surface area contributed by atoms with Crippen LogP contribution in [0.5, 0.6) is 5.75 Å². The SMILES string of the molecule is CCc1cc(=O)oc2cc(O[C@H](C)C(=O)Nc3ccc(Cl)cc3Cl)ccc12. The molecule has 0 fully saturated rings. The number of ether oxygens (including phenoxy) is 1. The maximum absolute atomic E-state index is 12.4. The van der Waals surface area contributed by atoms with Gasteiger partial charge in [-0.25, -0.2) is 4.79 Å². The number of rotatable bonds is 5. The Balaban J connectivity index is 1.77. The number of anilines is 1. The van der Waals surface area contributed by atoms with Gasteiger partial charge in [-0.3, -0.25) is 4.79 Å².